The Morgan fingerprint density at radius 1 is 1.03 bits per heavy atom. The van der Waals surface area contributed by atoms with Crippen molar-refractivity contribution in [3.05, 3.63) is 87.6 Å². The summed E-state index contributed by atoms with van der Waals surface area (Å²) in [5.41, 5.74) is 3.30. The van der Waals surface area contributed by atoms with Crippen molar-refractivity contribution in [3.63, 3.8) is 0 Å². The topological polar surface area (TPSA) is 59.1 Å². The lowest BCUT2D eigenvalue weighted by Crippen LogP contribution is -2.46. The molecule has 1 fully saturated rings. The number of ether oxygens (including phenoxy) is 2. The highest BCUT2D eigenvalue weighted by molar-refractivity contribution is 7.12. The Hall–Kier alpha value is -3.16. The number of benzene rings is 2. The van der Waals surface area contributed by atoms with E-state index in [0.29, 0.717) is 38.6 Å². The maximum Gasteiger partial charge on any atom is 0.264 e. The van der Waals surface area contributed by atoms with Crippen molar-refractivity contribution in [2.45, 2.75) is 25.5 Å². The molecule has 3 heterocycles. The lowest BCUT2D eigenvalue weighted by Gasteiger charge is -2.38. The Morgan fingerprint density at radius 2 is 1.82 bits per heavy atom. The molecule has 1 aromatic heterocycles. The van der Waals surface area contributed by atoms with Crippen LogP contribution in [0.25, 0.3) is 0 Å². The zero-order chi connectivity index (χ0) is 23.5. The maximum absolute atomic E-state index is 13.4. The second-order valence-electron chi connectivity index (χ2n) is 8.60. The van der Waals surface area contributed by atoms with Gasteiger partial charge in [-0.15, -0.1) is 11.3 Å². The number of carbonyl (C=O) groups excluding carboxylic acids is 2. The fourth-order valence-electron chi connectivity index (χ4n) is 4.72. The molecule has 2 amide bonds. The van der Waals surface area contributed by atoms with E-state index in [-0.39, 0.29) is 17.9 Å². The van der Waals surface area contributed by atoms with Crippen molar-refractivity contribution in [3.8, 4) is 5.75 Å². The van der Waals surface area contributed by atoms with E-state index < -0.39 is 6.10 Å². The van der Waals surface area contributed by atoms with Crippen LogP contribution in [0.4, 0.5) is 0 Å². The van der Waals surface area contributed by atoms with Gasteiger partial charge in [0.05, 0.1) is 24.1 Å². The molecule has 0 bridgehead atoms. The summed E-state index contributed by atoms with van der Waals surface area (Å²) < 4.78 is 11.5. The second-order valence-corrected chi connectivity index (χ2v) is 9.55. The molecule has 34 heavy (non-hydrogen) atoms. The molecule has 1 saturated heterocycles. The standard InChI is InChI=1S/C27H28N2O4S/c1-19(26(30)28-13-15-32-16-14-28)33-22-10-9-20-11-12-29(27(31)24-8-5-17-34-24)25(23(20)18-22)21-6-3-2-4-7-21/h2-10,17-19,25H,11-16H2,1H3. The number of morpholine rings is 1. The number of fused-ring (bicyclic) bond motifs is 1. The van der Waals surface area contributed by atoms with E-state index in [9.17, 15) is 9.59 Å². The van der Waals surface area contributed by atoms with Gasteiger partial charge < -0.3 is 19.3 Å². The number of nitrogens with zero attached hydrogens (tertiary/aromatic N) is 2. The second kappa shape index (κ2) is 9.99. The minimum atomic E-state index is -0.598. The summed E-state index contributed by atoms with van der Waals surface area (Å²) >= 11 is 1.46. The summed E-state index contributed by atoms with van der Waals surface area (Å²) in [5, 5.41) is 1.93. The Morgan fingerprint density at radius 3 is 2.56 bits per heavy atom. The molecule has 6 nitrogen and oxygen atoms in total. The Balaban J connectivity index is 1.45. The van der Waals surface area contributed by atoms with Crippen LogP contribution < -0.4 is 4.74 Å². The van der Waals surface area contributed by atoms with Gasteiger partial charge >= 0.3 is 0 Å². The minimum Gasteiger partial charge on any atom is -0.481 e. The lowest BCUT2D eigenvalue weighted by atomic mass is 9.87. The third kappa shape index (κ3) is 4.58. The summed E-state index contributed by atoms with van der Waals surface area (Å²) in [4.78, 5) is 30.8. The Kier molecular flexibility index (Phi) is 6.65. The Labute approximate surface area is 203 Å². The number of hydrogen-bond acceptors (Lipinski definition) is 5. The van der Waals surface area contributed by atoms with Gasteiger partial charge in [0, 0.05) is 19.6 Å². The van der Waals surface area contributed by atoms with Crippen molar-refractivity contribution in [2.75, 3.05) is 32.8 Å². The van der Waals surface area contributed by atoms with Gasteiger partial charge in [-0.3, -0.25) is 9.59 Å². The van der Waals surface area contributed by atoms with E-state index in [4.69, 9.17) is 9.47 Å². The minimum absolute atomic E-state index is 0.0323. The first-order valence-corrected chi connectivity index (χ1v) is 12.5. The lowest BCUT2D eigenvalue weighted by molar-refractivity contribution is -0.142. The predicted molar refractivity (Wildman–Crippen MR) is 131 cm³/mol. The zero-order valence-electron chi connectivity index (χ0n) is 19.2. The molecule has 0 radical (unpaired) electrons. The van der Waals surface area contributed by atoms with E-state index in [1.165, 1.54) is 16.9 Å². The molecule has 2 atom stereocenters. The monoisotopic (exact) mass is 476 g/mol. The van der Waals surface area contributed by atoms with Crippen LogP contribution in [0.5, 0.6) is 5.75 Å². The van der Waals surface area contributed by atoms with E-state index >= 15 is 0 Å². The molecule has 3 aromatic rings. The fraction of sp³-hybridized carbons (Fsp3) is 0.333. The Bertz CT molecular complexity index is 1140. The van der Waals surface area contributed by atoms with E-state index in [1.807, 2.05) is 52.7 Å². The van der Waals surface area contributed by atoms with Gasteiger partial charge in [0.2, 0.25) is 0 Å². The third-order valence-electron chi connectivity index (χ3n) is 6.44. The average molecular weight is 477 g/mol. The first kappa shape index (κ1) is 22.6. The van der Waals surface area contributed by atoms with E-state index in [1.54, 1.807) is 11.8 Å². The maximum atomic E-state index is 13.4. The number of amides is 2. The highest BCUT2D eigenvalue weighted by Crippen LogP contribution is 2.38. The van der Waals surface area contributed by atoms with Crippen molar-refractivity contribution < 1.29 is 19.1 Å². The van der Waals surface area contributed by atoms with Gasteiger partial charge in [-0.1, -0.05) is 42.5 Å². The van der Waals surface area contributed by atoms with Crippen LogP contribution in [0.15, 0.2) is 66.0 Å². The van der Waals surface area contributed by atoms with Crippen LogP contribution in [-0.2, 0) is 16.0 Å². The number of carbonyl (C=O) groups is 2. The van der Waals surface area contributed by atoms with Gasteiger partial charge in [0.15, 0.2) is 6.10 Å². The van der Waals surface area contributed by atoms with Crippen LogP contribution in [0.2, 0.25) is 0 Å². The highest BCUT2D eigenvalue weighted by Gasteiger charge is 2.33. The quantitative estimate of drug-likeness (QED) is 0.555. The molecule has 0 saturated carbocycles. The predicted octanol–water partition coefficient (Wildman–Crippen LogP) is 4.16. The van der Waals surface area contributed by atoms with Gasteiger partial charge in [0.25, 0.3) is 11.8 Å². The summed E-state index contributed by atoms with van der Waals surface area (Å²) in [6.07, 6.45) is 0.178. The summed E-state index contributed by atoms with van der Waals surface area (Å²) in [6.45, 7) is 4.74. The van der Waals surface area contributed by atoms with Gasteiger partial charge in [0.1, 0.15) is 5.75 Å². The molecule has 0 spiro atoms. The van der Waals surface area contributed by atoms with Gasteiger partial charge in [-0.25, -0.2) is 0 Å². The molecule has 0 N–H and O–H groups in total. The van der Waals surface area contributed by atoms with Crippen molar-refractivity contribution >= 4 is 23.2 Å². The van der Waals surface area contributed by atoms with E-state index in [2.05, 4.69) is 18.2 Å². The number of hydrogen-bond donors (Lipinski definition) is 0. The van der Waals surface area contributed by atoms with E-state index in [0.717, 1.165) is 22.4 Å². The van der Waals surface area contributed by atoms with Gasteiger partial charge in [-0.05, 0) is 53.6 Å². The number of thiophene rings is 1. The normalized spacial score (nSPS) is 18.8. The largest absolute Gasteiger partial charge is 0.481 e. The molecule has 2 unspecified atom stereocenters. The molecule has 0 aliphatic carbocycles. The molecular weight excluding hydrogens is 448 g/mol. The van der Waals surface area contributed by atoms with Gasteiger partial charge in [-0.2, -0.15) is 0 Å². The fourth-order valence-corrected chi connectivity index (χ4v) is 5.40. The van der Waals surface area contributed by atoms with Crippen LogP contribution in [0.3, 0.4) is 0 Å². The average Bonchev–Trinajstić information content (AvgIpc) is 3.43. The van der Waals surface area contributed by atoms with Crippen molar-refractivity contribution in [2.24, 2.45) is 0 Å². The van der Waals surface area contributed by atoms with Crippen LogP contribution in [0, 0.1) is 0 Å². The summed E-state index contributed by atoms with van der Waals surface area (Å²) in [6, 6.07) is 19.7. The first-order valence-electron chi connectivity index (χ1n) is 11.7. The first-order chi connectivity index (χ1) is 16.6. The van der Waals surface area contributed by atoms with Crippen molar-refractivity contribution in [1.29, 1.82) is 0 Å². The molecule has 7 heteroatoms. The SMILES string of the molecule is CC(Oc1ccc2c(c1)C(c1ccccc1)N(C(=O)c1cccs1)CC2)C(=O)N1CCOCC1. The molecule has 5 rings (SSSR count). The van der Waals surface area contributed by atoms with Crippen LogP contribution in [0.1, 0.15) is 39.3 Å². The van der Waals surface area contributed by atoms with Crippen molar-refractivity contribution in [1.82, 2.24) is 9.80 Å². The summed E-state index contributed by atoms with van der Waals surface area (Å²) in [5.74, 6) is 0.644. The highest BCUT2D eigenvalue weighted by atomic mass is 32.1. The molecule has 2 aromatic carbocycles. The summed E-state index contributed by atoms with van der Waals surface area (Å²) in [7, 11) is 0. The molecule has 2 aliphatic heterocycles. The third-order valence-corrected chi connectivity index (χ3v) is 7.30. The molecular formula is C27H28N2O4S. The van der Waals surface area contributed by atoms with Crippen LogP contribution in [-0.4, -0.2) is 60.6 Å². The smallest absolute Gasteiger partial charge is 0.264 e. The number of rotatable bonds is 5. The molecule has 176 valence electrons. The zero-order valence-corrected chi connectivity index (χ0v) is 20.0. The van der Waals surface area contributed by atoms with Crippen LogP contribution >= 0.6 is 11.3 Å². The molecule has 2 aliphatic rings.